The first kappa shape index (κ1) is 13.9. The summed E-state index contributed by atoms with van der Waals surface area (Å²) in [7, 11) is 0. The van der Waals surface area contributed by atoms with Crippen LogP contribution in [0.3, 0.4) is 0 Å². The van der Waals surface area contributed by atoms with E-state index < -0.39 is 6.55 Å². The van der Waals surface area contributed by atoms with E-state index in [1.807, 2.05) is 0 Å². The highest BCUT2D eigenvalue weighted by molar-refractivity contribution is 5.79. The van der Waals surface area contributed by atoms with Crippen LogP contribution in [-0.4, -0.2) is 46.8 Å². The third-order valence-electron chi connectivity index (χ3n) is 3.46. The number of aryl methyl sites for hydroxylation is 1. The van der Waals surface area contributed by atoms with Crippen LogP contribution in [0.4, 0.5) is 8.78 Å². The average Bonchev–Trinajstić information content (AvgIpc) is 2.68. The van der Waals surface area contributed by atoms with Gasteiger partial charge in [-0.05, 0) is 13.8 Å². The van der Waals surface area contributed by atoms with E-state index in [-0.39, 0.29) is 12.3 Å². The Balaban J connectivity index is 2.12. The highest BCUT2D eigenvalue weighted by atomic mass is 19.3. The average molecular weight is 272 g/mol. The number of nitrogens with zero attached hydrogens (tertiary/aromatic N) is 3. The summed E-state index contributed by atoms with van der Waals surface area (Å²) in [5.41, 5.74) is 1.49. The molecule has 1 N–H and O–H groups in total. The molecule has 0 atom stereocenters. The van der Waals surface area contributed by atoms with E-state index in [1.165, 1.54) is 0 Å². The van der Waals surface area contributed by atoms with Crippen molar-refractivity contribution in [3.63, 3.8) is 0 Å². The van der Waals surface area contributed by atoms with Gasteiger partial charge in [0.1, 0.15) is 0 Å². The fourth-order valence-corrected chi connectivity index (χ4v) is 2.32. The van der Waals surface area contributed by atoms with Crippen molar-refractivity contribution in [2.45, 2.75) is 26.8 Å². The lowest BCUT2D eigenvalue weighted by Crippen LogP contribution is -2.47. The van der Waals surface area contributed by atoms with Gasteiger partial charge in [0.15, 0.2) is 0 Å². The smallest absolute Gasteiger partial charge is 0.333 e. The lowest BCUT2D eigenvalue weighted by Gasteiger charge is -2.27. The number of rotatable bonds is 3. The summed E-state index contributed by atoms with van der Waals surface area (Å²) >= 11 is 0. The fraction of sp³-hybridized carbons (Fsp3) is 0.667. The monoisotopic (exact) mass is 272 g/mol. The van der Waals surface area contributed by atoms with Gasteiger partial charge in [-0.2, -0.15) is 13.9 Å². The highest BCUT2D eigenvalue weighted by Gasteiger charge is 2.22. The molecule has 1 aromatic rings. The van der Waals surface area contributed by atoms with Gasteiger partial charge in [-0.25, -0.2) is 4.68 Å². The minimum absolute atomic E-state index is 0.0264. The van der Waals surface area contributed by atoms with E-state index >= 15 is 0 Å². The molecule has 2 heterocycles. The Morgan fingerprint density at radius 2 is 2.00 bits per heavy atom. The maximum atomic E-state index is 12.7. The topological polar surface area (TPSA) is 50.2 Å². The molecule has 1 fully saturated rings. The van der Waals surface area contributed by atoms with Gasteiger partial charge in [0.2, 0.25) is 5.91 Å². The Labute approximate surface area is 110 Å². The molecule has 0 aromatic carbocycles. The predicted molar refractivity (Wildman–Crippen MR) is 66.1 cm³/mol. The summed E-state index contributed by atoms with van der Waals surface area (Å²) in [6.45, 7) is 3.46. The molecule has 0 bridgehead atoms. The molecule has 19 heavy (non-hydrogen) atoms. The lowest BCUT2D eigenvalue weighted by atomic mass is 10.1. The molecule has 1 aliphatic rings. The van der Waals surface area contributed by atoms with E-state index in [9.17, 15) is 13.6 Å². The number of carbonyl (C=O) groups is 1. The molecule has 5 nitrogen and oxygen atoms in total. The first-order valence-electron chi connectivity index (χ1n) is 6.32. The molecule has 1 saturated heterocycles. The Bertz CT molecular complexity index is 467. The van der Waals surface area contributed by atoms with Gasteiger partial charge in [0.05, 0.1) is 12.1 Å². The minimum atomic E-state index is -2.67. The number of nitrogens with one attached hydrogen (secondary N) is 1. The normalized spacial score (nSPS) is 16.2. The van der Waals surface area contributed by atoms with Gasteiger partial charge in [0.25, 0.3) is 0 Å². The quantitative estimate of drug-likeness (QED) is 0.888. The predicted octanol–water partition coefficient (Wildman–Crippen LogP) is 0.869. The second-order valence-corrected chi connectivity index (χ2v) is 4.68. The van der Waals surface area contributed by atoms with Crippen LogP contribution in [0, 0.1) is 13.8 Å². The number of amides is 1. The summed E-state index contributed by atoms with van der Waals surface area (Å²) < 4.78 is 26.1. The fourth-order valence-electron chi connectivity index (χ4n) is 2.32. The SMILES string of the molecule is Cc1nn(C(F)F)c(C)c1CC(=O)N1CCNCC1. The van der Waals surface area contributed by atoms with E-state index in [4.69, 9.17) is 0 Å². The summed E-state index contributed by atoms with van der Waals surface area (Å²) in [4.78, 5) is 13.9. The zero-order chi connectivity index (χ0) is 14.0. The second kappa shape index (κ2) is 5.64. The zero-order valence-corrected chi connectivity index (χ0v) is 11.1. The molecule has 106 valence electrons. The lowest BCUT2D eigenvalue weighted by molar-refractivity contribution is -0.131. The van der Waals surface area contributed by atoms with Crippen LogP contribution in [0.5, 0.6) is 0 Å². The first-order valence-corrected chi connectivity index (χ1v) is 6.32. The molecule has 0 saturated carbocycles. The van der Waals surface area contributed by atoms with Gasteiger partial charge in [-0.1, -0.05) is 0 Å². The van der Waals surface area contributed by atoms with Gasteiger partial charge < -0.3 is 10.2 Å². The molecular weight excluding hydrogens is 254 g/mol. The van der Waals surface area contributed by atoms with Crippen LogP contribution >= 0.6 is 0 Å². The van der Waals surface area contributed by atoms with Gasteiger partial charge in [0, 0.05) is 37.4 Å². The maximum absolute atomic E-state index is 12.7. The minimum Gasteiger partial charge on any atom is -0.340 e. The highest BCUT2D eigenvalue weighted by Crippen LogP contribution is 2.20. The number of halogens is 2. The van der Waals surface area contributed by atoms with E-state index in [2.05, 4.69) is 10.4 Å². The standard InChI is InChI=1S/C12H18F2N4O/c1-8-10(9(2)18(16-8)12(13)14)7-11(19)17-5-3-15-4-6-17/h12,15H,3-7H2,1-2H3. The van der Waals surface area contributed by atoms with Gasteiger partial charge in [-0.15, -0.1) is 0 Å². The molecule has 1 aromatic heterocycles. The van der Waals surface area contributed by atoms with Crippen LogP contribution in [-0.2, 0) is 11.2 Å². The molecule has 7 heteroatoms. The third-order valence-corrected chi connectivity index (χ3v) is 3.46. The van der Waals surface area contributed by atoms with Crippen molar-refractivity contribution < 1.29 is 13.6 Å². The Hall–Kier alpha value is -1.50. The van der Waals surface area contributed by atoms with Crippen molar-refractivity contribution in [3.8, 4) is 0 Å². The summed E-state index contributed by atoms with van der Waals surface area (Å²) in [6, 6.07) is 0. The van der Waals surface area contributed by atoms with Crippen molar-refractivity contribution in [1.29, 1.82) is 0 Å². The van der Waals surface area contributed by atoms with Crippen molar-refractivity contribution >= 4 is 5.91 Å². The second-order valence-electron chi connectivity index (χ2n) is 4.68. The Morgan fingerprint density at radius 3 is 2.53 bits per heavy atom. The van der Waals surface area contributed by atoms with Crippen molar-refractivity contribution in [3.05, 3.63) is 17.0 Å². The third kappa shape index (κ3) is 2.91. The molecule has 0 radical (unpaired) electrons. The summed E-state index contributed by atoms with van der Waals surface area (Å²) in [6.07, 6.45) is 0.143. The summed E-state index contributed by atoms with van der Waals surface area (Å²) in [5, 5.41) is 6.96. The number of hydrogen-bond donors (Lipinski definition) is 1. The van der Waals surface area contributed by atoms with Crippen molar-refractivity contribution in [2.75, 3.05) is 26.2 Å². The molecular formula is C12H18F2N4O. The van der Waals surface area contributed by atoms with Crippen LogP contribution in [0.1, 0.15) is 23.5 Å². The molecule has 0 spiro atoms. The largest absolute Gasteiger partial charge is 0.340 e. The number of carbonyl (C=O) groups excluding carboxylic acids is 1. The van der Waals surface area contributed by atoms with Gasteiger partial charge in [-0.3, -0.25) is 4.79 Å². The van der Waals surface area contributed by atoms with Crippen molar-refractivity contribution in [1.82, 2.24) is 20.0 Å². The number of aromatic nitrogens is 2. The maximum Gasteiger partial charge on any atom is 0.333 e. The molecule has 1 aliphatic heterocycles. The Kier molecular flexibility index (Phi) is 4.14. The van der Waals surface area contributed by atoms with Crippen molar-refractivity contribution in [2.24, 2.45) is 0 Å². The number of piperazine rings is 1. The first-order chi connectivity index (χ1) is 9.00. The molecule has 0 unspecified atom stereocenters. The number of hydrogen-bond acceptors (Lipinski definition) is 3. The van der Waals surface area contributed by atoms with Crippen LogP contribution < -0.4 is 5.32 Å². The van der Waals surface area contributed by atoms with Crippen LogP contribution in [0.2, 0.25) is 0 Å². The van der Waals surface area contributed by atoms with Gasteiger partial charge >= 0.3 is 6.55 Å². The van der Waals surface area contributed by atoms with E-state index in [0.29, 0.717) is 34.7 Å². The summed E-state index contributed by atoms with van der Waals surface area (Å²) in [5.74, 6) is -0.0264. The molecule has 1 amide bonds. The zero-order valence-electron chi connectivity index (χ0n) is 11.1. The van der Waals surface area contributed by atoms with E-state index in [0.717, 1.165) is 13.1 Å². The molecule has 0 aliphatic carbocycles. The van der Waals surface area contributed by atoms with Crippen LogP contribution in [0.15, 0.2) is 0 Å². The van der Waals surface area contributed by atoms with E-state index in [1.54, 1.807) is 18.7 Å². The Morgan fingerprint density at radius 1 is 1.37 bits per heavy atom. The van der Waals surface area contributed by atoms with Crippen LogP contribution in [0.25, 0.3) is 0 Å². The molecule has 2 rings (SSSR count). The number of alkyl halides is 2.